The van der Waals surface area contributed by atoms with Crippen molar-refractivity contribution in [3.63, 3.8) is 0 Å². The van der Waals surface area contributed by atoms with Crippen LogP contribution in [0.5, 0.6) is 0 Å². The van der Waals surface area contributed by atoms with Gasteiger partial charge in [-0.15, -0.1) is 0 Å². The summed E-state index contributed by atoms with van der Waals surface area (Å²) in [6, 6.07) is 7.31. The second-order valence-corrected chi connectivity index (χ2v) is 4.73. The van der Waals surface area contributed by atoms with Crippen LogP contribution in [0.4, 0.5) is 0 Å². The Kier molecular flexibility index (Phi) is 4.10. The van der Waals surface area contributed by atoms with E-state index < -0.39 is 5.91 Å². The lowest BCUT2D eigenvalue weighted by molar-refractivity contribution is -0.113. The van der Waals surface area contributed by atoms with Gasteiger partial charge >= 0.3 is 0 Å². The monoisotopic (exact) mass is 246 g/mol. The van der Waals surface area contributed by atoms with Crippen LogP contribution in [-0.4, -0.2) is 29.7 Å². The van der Waals surface area contributed by atoms with Gasteiger partial charge in [0.1, 0.15) is 6.29 Å². The molecule has 2 rings (SSSR count). The van der Waals surface area contributed by atoms with E-state index in [9.17, 15) is 9.59 Å². The normalized spacial score (nSPS) is 20.6. The van der Waals surface area contributed by atoms with Gasteiger partial charge < -0.3 is 10.5 Å². The first-order valence-electron chi connectivity index (χ1n) is 6.29. The number of nitrogens with two attached hydrogens (primary N) is 1. The molecular formula is C14H18N2O2. The average molecular weight is 246 g/mol. The molecule has 4 heteroatoms. The average Bonchev–Trinajstić information content (AvgIpc) is 2.39. The fourth-order valence-electron chi connectivity index (χ4n) is 2.42. The highest BCUT2D eigenvalue weighted by atomic mass is 16.1. The molecule has 2 N–H and O–H groups in total. The molecule has 1 heterocycles. The molecule has 1 unspecified atom stereocenters. The number of likely N-dealkylation sites (tertiary alicyclic amines) is 1. The Labute approximate surface area is 107 Å². The zero-order valence-electron chi connectivity index (χ0n) is 10.3. The number of piperidine rings is 1. The van der Waals surface area contributed by atoms with Gasteiger partial charge in [-0.2, -0.15) is 0 Å². The molecular weight excluding hydrogens is 228 g/mol. The maximum Gasteiger partial charge on any atom is 0.248 e. The Bertz CT molecular complexity index is 445. The van der Waals surface area contributed by atoms with E-state index in [0.717, 1.165) is 37.7 Å². The maximum atomic E-state index is 11.1. The first-order valence-corrected chi connectivity index (χ1v) is 6.29. The predicted octanol–water partition coefficient (Wildman–Crippen LogP) is 1.34. The standard InChI is InChI=1S/C14H18N2O2/c15-14(18)12-5-3-4-11(8-12)9-16-7-2-1-6-13(16)10-17/h3-5,8,10,13H,1-2,6-7,9H2,(H2,15,18). The minimum absolute atomic E-state index is 0.0102. The number of amides is 1. The fraction of sp³-hybridized carbons (Fsp3) is 0.429. The molecule has 96 valence electrons. The van der Waals surface area contributed by atoms with E-state index in [-0.39, 0.29) is 6.04 Å². The Balaban J connectivity index is 2.10. The van der Waals surface area contributed by atoms with Crippen molar-refractivity contribution in [2.45, 2.75) is 31.8 Å². The second-order valence-electron chi connectivity index (χ2n) is 4.73. The summed E-state index contributed by atoms with van der Waals surface area (Å²) in [5.74, 6) is -0.414. The van der Waals surface area contributed by atoms with Crippen molar-refractivity contribution in [3.05, 3.63) is 35.4 Å². The minimum atomic E-state index is -0.414. The van der Waals surface area contributed by atoms with Gasteiger partial charge in [-0.05, 0) is 37.1 Å². The molecule has 1 atom stereocenters. The highest BCUT2D eigenvalue weighted by Gasteiger charge is 2.21. The highest BCUT2D eigenvalue weighted by Crippen LogP contribution is 2.18. The van der Waals surface area contributed by atoms with Crippen LogP contribution in [0.2, 0.25) is 0 Å². The lowest BCUT2D eigenvalue weighted by Gasteiger charge is -2.32. The first kappa shape index (κ1) is 12.8. The van der Waals surface area contributed by atoms with Gasteiger partial charge in [0.05, 0.1) is 6.04 Å². The number of rotatable bonds is 4. The molecule has 0 bridgehead atoms. The molecule has 0 aromatic heterocycles. The number of primary amides is 1. The number of hydrogen-bond acceptors (Lipinski definition) is 3. The van der Waals surface area contributed by atoms with E-state index in [2.05, 4.69) is 4.90 Å². The molecule has 1 aromatic rings. The Hall–Kier alpha value is -1.68. The van der Waals surface area contributed by atoms with Crippen molar-refractivity contribution < 1.29 is 9.59 Å². The molecule has 0 aliphatic carbocycles. The van der Waals surface area contributed by atoms with Crippen LogP contribution in [0.1, 0.15) is 35.2 Å². The van der Waals surface area contributed by atoms with E-state index >= 15 is 0 Å². The zero-order chi connectivity index (χ0) is 13.0. The molecule has 1 amide bonds. The number of nitrogens with zero attached hydrogens (tertiary/aromatic N) is 1. The van der Waals surface area contributed by atoms with Crippen LogP contribution in [0.3, 0.4) is 0 Å². The summed E-state index contributed by atoms with van der Waals surface area (Å²) < 4.78 is 0. The number of carbonyl (C=O) groups excluding carboxylic acids is 2. The molecule has 0 saturated carbocycles. The second kappa shape index (κ2) is 5.78. The minimum Gasteiger partial charge on any atom is -0.366 e. The number of carbonyl (C=O) groups is 2. The van der Waals surface area contributed by atoms with Crippen LogP contribution in [0.15, 0.2) is 24.3 Å². The summed E-state index contributed by atoms with van der Waals surface area (Å²) in [6.45, 7) is 1.63. The third-order valence-electron chi connectivity index (χ3n) is 3.42. The van der Waals surface area contributed by atoms with Gasteiger partial charge in [-0.3, -0.25) is 9.69 Å². The Morgan fingerprint density at radius 3 is 3.00 bits per heavy atom. The zero-order valence-corrected chi connectivity index (χ0v) is 10.3. The third-order valence-corrected chi connectivity index (χ3v) is 3.42. The first-order chi connectivity index (χ1) is 8.70. The molecule has 1 fully saturated rings. The number of benzene rings is 1. The van der Waals surface area contributed by atoms with Crippen molar-refractivity contribution in [2.24, 2.45) is 5.73 Å². The van der Waals surface area contributed by atoms with Gasteiger partial charge in [-0.25, -0.2) is 0 Å². The topological polar surface area (TPSA) is 63.4 Å². The van der Waals surface area contributed by atoms with Crippen LogP contribution in [0.25, 0.3) is 0 Å². The quantitative estimate of drug-likeness (QED) is 0.815. The third kappa shape index (κ3) is 2.96. The van der Waals surface area contributed by atoms with E-state index in [1.165, 1.54) is 0 Å². The van der Waals surface area contributed by atoms with Gasteiger partial charge in [0.25, 0.3) is 0 Å². The van der Waals surface area contributed by atoms with Crippen molar-refractivity contribution >= 4 is 12.2 Å². The molecule has 1 saturated heterocycles. The summed E-state index contributed by atoms with van der Waals surface area (Å²) in [7, 11) is 0. The molecule has 4 nitrogen and oxygen atoms in total. The molecule has 1 aliphatic rings. The van der Waals surface area contributed by atoms with Crippen LogP contribution < -0.4 is 5.73 Å². The fourth-order valence-corrected chi connectivity index (χ4v) is 2.42. The van der Waals surface area contributed by atoms with Crippen molar-refractivity contribution in [1.29, 1.82) is 0 Å². The number of hydrogen-bond donors (Lipinski definition) is 1. The van der Waals surface area contributed by atoms with E-state index in [0.29, 0.717) is 12.1 Å². The molecule has 1 aromatic carbocycles. The molecule has 1 aliphatic heterocycles. The van der Waals surface area contributed by atoms with Crippen molar-refractivity contribution in [2.75, 3.05) is 6.54 Å². The largest absolute Gasteiger partial charge is 0.366 e. The van der Waals surface area contributed by atoms with E-state index in [1.807, 2.05) is 12.1 Å². The Morgan fingerprint density at radius 1 is 1.44 bits per heavy atom. The van der Waals surface area contributed by atoms with Crippen molar-refractivity contribution in [1.82, 2.24) is 4.90 Å². The van der Waals surface area contributed by atoms with E-state index in [1.54, 1.807) is 12.1 Å². The SMILES string of the molecule is NC(=O)c1cccc(CN2CCCCC2C=O)c1. The van der Waals surface area contributed by atoms with Crippen LogP contribution in [-0.2, 0) is 11.3 Å². The summed E-state index contributed by atoms with van der Waals surface area (Å²) in [5.41, 5.74) is 6.81. The molecule has 0 spiro atoms. The molecule has 18 heavy (non-hydrogen) atoms. The number of aldehydes is 1. The molecule has 0 radical (unpaired) electrons. The van der Waals surface area contributed by atoms with Gasteiger partial charge in [0.2, 0.25) is 5.91 Å². The van der Waals surface area contributed by atoms with Gasteiger partial charge in [0.15, 0.2) is 0 Å². The predicted molar refractivity (Wildman–Crippen MR) is 69.1 cm³/mol. The maximum absolute atomic E-state index is 11.1. The van der Waals surface area contributed by atoms with E-state index in [4.69, 9.17) is 5.73 Å². The lowest BCUT2D eigenvalue weighted by Crippen LogP contribution is -2.39. The summed E-state index contributed by atoms with van der Waals surface area (Å²) >= 11 is 0. The summed E-state index contributed by atoms with van der Waals surface area (Å²) in [6.07, 6.45) is 4.19. The smallest absolute Gasteiger partial charge is 0.248 e. The highest BCUT2D eigenvalue weighted by molar-refractivity contribution is 5.92. The van der Waals surface area contributed by atoms with Gasteiger partial charge in [-0.1, -0.05) is 18.6 Å². The Morgan fingerprint density at radius 2 is 2.28 bits per heavy atom. The van der Waals surface area contributed by atoms with Crippen molar-refractivity contribution in [3.8, 4) is 0 Å². The van der Waals surface area contributed by atoms with Gasteiger partial charge in [0, 0.05) is 12.1 Å². The summed E-state index contributed by atoms with van der Waals surface area (Å²) in [5, 5.41) is 0. The lowest BCUT2D eigenvalue weighted by atomic mass is 10.0. The van der Waals surface area contributed by atoms with Crippen LogP contribution >= 0.6 is 0 Å². The van der Waals surface area contributed by atoms with Crippen LogP contribution in [0, 0.1) is 0 Å². The summed E-state index contributed by atoms with van der Waals surface area (Å²) in [4.78, 5) is 24.3.